The summed E-state index contributed by atoms with van der Waals surface area (Å²) in [6, 6.07) is 0. The van der Waals surface area contributed by atoms with Gasteiger partial charge in [0.25, 0.3) is 11.8 Å². The van der Waals surface area contributed by atoms with Gasteiger partial charge in [-0.3, -0.25) is 19.3 Å². The molecule has 0 N–H and O–H groups in total. The summed E-state index contributed by atoms with van der Waals surface area (Å²) in [7, 11) is 0. The molecule has 6 nitrogen and oxygen atoms in total. The van der Waals surface area contributed by atoms with Gasteiger partial charge in [-0.2, -0.15) is 0 Å². The molecule has 1 heterocycles. The predicted octanol–water partition coefficient (Wildman–Crippen LogP) is 2.08. The molecule has 0 fully saturated rings. The van der Waals surface area contributed by atoms with Crippen molar-refractivity contribution in [2.75, 3.05) is 26.4 Å². The predicted molar refractivity (Wildman–Crippen MR) is 85.6 cm³/mol. The van der Waals surface area contributed by atoms with E-state index in [1.807, 2.05) is 20.8 Å². The Hall–Kier alpha value is -1.69. The Morgan fingerprint density at radius 1 is 1.04 bits per heavy atom. The minimum absolute atomic E-state index is 0.212. The first-order valence-corrected chi connectivity index (χ1v) is 8.01. The Labute approximate surface area is 137 Å². The minimum atomic E-state index is -0.473. The molecule has 2 amide bonds. The molecule has 1 aliphatic rings. The number of hydrogen-bond donors (Lipinski definition) is 0. The van der Waals surface area contributed by atoms with Crippen LogP contribution in [-0.4, -0.2) is 49.0 Å². The fourth-order valence-corrected chi connectivity index (χ4v) is 1.98. The van der Waals surface area contributed by atoms with Crippen molar-refractivity contribution in [2.45, 2.75) is 47.5 Å². The fraction of sp³-hybridized carbons (Fsp3) is 0.706. The summed E-state index contributed by atoms with van der Waals surface area (Å²) < 4.78 is 10.5. The van der Waals surface area contributed by atoms with Gasteiger partial charge in [-0.1, -0.05) is 6.92 Å². The van der Waals surface area contributed by atoms with Crippen LogP contribution in [0.1, 0.15) is 47.5 Å². The maximum absolute atomic E-state index is 11.8. The van der Waals surface area contributed by atoms with Crippen LogP contribution in [0, 0.1) is 5.41 Å². The van der Waals surface area contributed by atoms with Gasteiger partial charge in [-0.15, -0.1) is 0 Å². The molecule has 0 aromatic carbocycles. The van der Waals surface area contributed by atoms with Gasteiger partial charge >= 0.3 is 5.97 Å². The van der Waals surface area contributed by atoms with E-state index >= 15 is 0 Å². The van der Waals surface area contributed by atoms with Crippen LogP contribution in [0.5, 0.6) is 0 Å². The molecule has 1 aliphatic heterocycles. The van der Waals surface area contributed by atoms with E-state index in [4.69, 9.17) is 9.47 Å². The van der Waals surface area contributed by atoms with Crippen LogP contribution in [-0.2, 0) is 23.9 Å². The zero-order valence-corrected chi connectivity index (χ0v) is 14.7. The number of carbonyl (C=O) groups is 3. The highest BCUT2D eigenvalue weighted by atomic mass is 16.6. The maximum Gasteiger partial charge on any atom is 0.311 e. The SMILES string of the molecule is CCC(C)(C)C(=O)OCCOCCCN1C(=O)C(C)=C(C)C1=O. The zero-order chi connectivity index (χ0) is 17.6. The second kappa shape index (κ2) is 8.24. The summed E-state index contributed by atoms with van der Waals surface area (Å²) in [5.41, 5.74) is 0.557. The smallest absolute Gasteiger partial charge is 0.311 e. The number of carbonyl (C=O) groups excluding carboxylic acids is 3. The molecule has 1 rings (SSSR count). The van der Waals surface area contributed by atoms with E-state index in [0.717, 1.165) is 6.42 Å². The summed E-state index contributed by atoms with van der Waals surface area (Å²) in [4.78, 5) is 36.7. The topological polar surface area (TPSA) is 72.9 Å². The minimum Gasteiger partial charge on any atom is -0.463 e. The van der Waals surface area contributed by atoms with E-state index in [2.05, 4.69) is 0 Å². The van der Waals surface area contributed by atoms with Gasteiger partial charge in [0, 0.05) is 24.3 Å². The third-order valence-electron chi connectivity index (χ3n) is 4.26. The van der Waals surface area contributed by atoms with Crippen molar-refractivity contribution in [3.8, 4) is 0 Å². The first kappa shape index (κ1) is 19.4. The first-order valence-electron chi connectivity index (χ1n) is 8.01. The summed E-state index contributed by atoms with van der Waals surface area (Å²) in [6.45, 7) is 10.2. The molecular formula is C17H27NO5. The molecule has 0 spiro atoms. The van der Waals surface area contributed by atoms with E-state index in [1.54, 1.807) is 13.8 Å². The van der Waals surface area contributed by atoms with Crippen LogP contribution in [0.3, 0.4) is 0 Å². The maximum atomic E-state index is 11.8. The van der Waals surface area contributed by atoms with Crippen LogP contribution >= 0.6 is 0 Å². The quantitative estimate of drug-likeness (QED) is 0.369. The molecule has 0 aromatic rings. The molecule has 6 heteroatoms. The highest BCUT2D eigenvalue weighted by molar-refractivity contribution is 6.18. The monoisotopic (exact) mass is 325 g/mol. The molecule has 130 valence electrons. The number of esters is 1. The molecule has 0 unspecified atom stereocenters. The van der Waals surface area contributed by atoms with Crippen LogP contribution in [0.15, 0.2) is 11.1 Å². The van der Waals surface area contributed by atoms with Gasteiger partial charge in [0.15, 0.2) is 0 Å². The first-order chi connectivity index (χ1) is 10.7. The number of ether oxygens (including phenoxy) is 2. The average Bonchev–Trinajstić information content (AvgIpc) is 2.70. The lowest BCUT2D eigenvalue weighted by molar-refractivity contribution is -0.155. The fourth-order valence-electron chi connectivity index (χ4n) is 1.98. The normalized spacial score (nSPS) is 15.6. The largest absolute Gasteiger partial charge is 0.463 e. The Morgan fingerprint density at radius 3 is 2.13 bits per heavy atom. The molecule has 0 atom stereocenters. The number of hydrogen-bond acceptors (Lipinski definition) is 5. The van der Waals surface area contributed by atoms with Crippen molar-refractivity contribution in [1.29, 1.82) is 0 Å². The lowest BCUT2D eigenvalue weighted by atomic mass is 9.91. The van der Waals surface area contributed by atoms with Crippen LogP contribution in [0.2, 0.25) is 0 Å². The van der Waals surface area contributed by atoms with Crippen LogP contribution in [0.4, 0.5) is 0 Å². The number of amides is 2. The highest BCUT2D eigenvalue weighted by Gasteiger charge is 2.32. The lowest BCUT2D eigenvalue weighted by Crippen LogP contribution is -2.33. The molecule has 23 heavy (non-hydrogen) atoms. The van der Waals surface area contributed by atoms with Crippen LogP contribution < -0.4 is 0 Å². The second-order valence-corrected chi connectivity index (χ2v) is 6.35. The molecule has 0 saturated heterocycles. The van der Waals surface area contributed by atoms with Crippen molar-refractivity contribution in [2.24, 2.45) is 5.41 Å². The molecule has 0 aliphatic carbocycles. The number of imide groups is 1. The molecule has 0 saturated carbocycles. The molecular weight excluding hydrogens is 298 g/mol. The molecule has 0 bridgehead atoms. The average molecular weight is 325 g/mol. The number of nitrogens with zero attached hydrogens (tertiary/aromatic N) is 1. The number of rotatable bonds is 9. The van der Waals surface area contributed by atoms with E-state index in [0.29, 0.717) is 37.3 Å². The Kier molecular flexibility index (Phi) is 6.94. The molecule has 0 radical (unpaired) electrons. The third-order valence-corrected chi connectivity index (χ3v) is 4.26. The summed E-state index contributed by atoms with van der Waals surface area (Å²) in [5, 5.41) is 0. The summed E-state index contributed by atoms with van der Waals surface area (Å²) in [6.07, 6.45) is 1.28. The van der Waals surface area contributed by atoms with Gasteiger partial charge in [0.1, 0.15) is 6.61 Å². The van der Waals surface area contributed by atoms with Gasteiger partial charge in [0.05, 0.1) is 12.0 Å². The van der Waals surface area contributed by atoms with Crippen molar-refractivity contribution in [3.63, 3.8) is 0 Å². The van der Waals surface area contributed by atoms with Gasteiger partial charge in [-0.25, -0.2) is 0 Å². The van der Waals surface area contributed by atoms with E-state index < -0.39 is 5.41 Å². The summed E-state index contributed by atoms with van der Waals surface area (Å²) in [5.74, 6) is -0.666. The summed E-state index contributed by atoms with van der Waals surface area (Å²) >= 11 is 0. The van der Waals surface area contributed by atoms with Crippen LogP contribution in [0.25, 0.3) is 0 Å². The third kappa shape index (κ3) is 4.89. The van der Waals surface area contributed by atoms with E-state index in [1.165, 1.54) is 4.90 Å². The zero-order valence-electron chi connectivity index (χ0n) is 14.7. The lowest BCUT2D eigenvalue weighted by Gasteiger charge is -2.20. The second-order valence-electron chi connectivity index (χ2n) is 6.35. The standard InChI is InChI=1S/C17H27NO5/c1-6-17(4,5)16(21)23-11-10-22-9-7-8-18-14(19)12(2)13(3)15(18)20/h6-11H2,1-5H3. The van der Waals surface area contributed by atoms with E-state index in [9.17, 15) is 14.4 Å². The van der Waals surface area contributed by atoms with Crippen molar-refractivity contribution >= 4 is 17.8 Å². The van der Waals surface area contributed by atoms with Crippen molar-refractivity contribution in [1.82, 2.24) is 4.90 Å². The van der Waals surface area contributed by atoms with Gasteiger partial charge in [-0.05, 0) is 40.5 Å². The van der Waals surface area contributed by atoms with E-state index in [-0.39, 0.29) is 24.4 Å². The Balaban J connectivity index is 2.15. The van der Waals surface area contributed by atoms with Gasteiger partial charge < -0.3 is 9.47 Å². The molecule has 0 aromatic heterocycles. The Bertz CT molecular complexity index is 483. The highest BCUT2D eigenvalue weighted by Crippen LogP contribution is 2.21. The Morgan fingerprint density at radius 2 is 1.61 bits per heavy atom. The van der Waals surface area contributed by atoms with Gasteiger partial charge in [0.2, 0.25) is 0 Å². The van der Waals surface area contributed by atoms with Crippen molar-refractivity contribution < 1.29 is 23.9 Å². The van der Waals surface area contributed by atoms with Crippen molar-refractivity contribution in [3.05, 3.63) is 11.1 Å².